The number of allylic oxidation sites excluding steroid dienone is 2. The molecule has 2 heterocycles. The molecular formula is C48H91NO13. The first kappa shape index (κ1) is 56.9. The Morgan fingerprint density at radius 1 is 0.565 bits per heavy atom. The molecule has 0 spiro atoms. The molecular weight excluding hydrogens is 799 g/mol. The minimum Gasteiger partial charge on any atom is -0.394 e. The summed E-state index contributed by atoms with van der Waals surface area (Å²) >= 11 is 0. The van der Waals surface area contributed by atoms with E-state index in [1.807, 2.05) is 0 Å². The number of unbranched alkanes of at least 4 members (excludes halogenated alkanes) is 23. The second kappa shape index (κ2) is 35.9. The van der Waals surface area contributed by atoms with Crippen molar-refractivity contribution in [3.05, 3.63) is 12.2 Å². The molecule has 62 heavy (non-hydrogen) atoms. The number of carbonyl (C=O) groups is 1. The highest BCUT2D eigenvalue weighted by molar-refractivity contribution is 5.76. The van der Waals surface area contributed by atoms with E-state index in [4.69, 9.17) is 18.9 Å². The summed E-state index contributed by atoms with van der Waals surface area (Å²) in [6, 6.07) is -0.827. The molecule has 0 saturated carbocycles. The predicted molar refractivity (Wildman–Crippen MR) is 240 cm³/mol. The van der Waals surface area contributed by atoms with Crippen LogP contribution < -0.4 is 5.32 Å². The maximum atomic E-state index is 13.2. The van der Waals surface area contributed by atoms with Crippen molar-refractivity contribution in [1.29, 1.82) is 0 Å². The number of hydrogen-bond donors (Lipinski definition) is 9. The van der Waals surface area contributed by atoms with Crippen molar-refractivity contribution in [3.63, 3.8) is 0 Å². The molecule has 0 aromatic rings. The minimum absolute atomic E-state index is 0.216. The summed E-state index contributed by atoms with van der Waals surface area (Å²) < 4.78 is 22.7. The van der Waals surface area contributed by atoms with Crippen LogP contribution in [0.25, 0.3) is 0 Å². The van der Waals surface area contributed by atoms with Crippen molar-refractivity contribution in [3.8, 4) is 0 Å². The van der Waals surface area contributed by atoms with E-state index < -0.39 is 86.8 Å². The third kappa shape index (κ3) is 23.3. The van der Waals surface area contributed by atoms with E-state index in [1.54, 1.807) is 0 Å². The lowest BCUT2D eigenvalue weighted by atomic mass is 9.97. The lowest BCUT2D eigenvalue weighted by Crippen LogP contribution is -2.65. The fourth-order valence-electron chi connectivity index (χ4n) is 8.35. The van der Waals surface area contributed by atoms with Crippen LogP contribution in [-0.2, 0) is 23.7 Å². The van der Waals surface area contributed by atoms with Crippen molar-refractivity contribution in [1.82, 2.24) is 5.32 Å². The molecule has 9 N–H and O–H groups in total. The van der Waals surface area contributed by atoms with Crippen LogP contribution >= 0.6 is 0 Å². The quantitative estimate of drug-likeness (QED) is 0.0257. The molecule has 12 unspecified atom stereocenters. The molecule has 0 aliphatic carbocycles. The Bertz CT molecular complexity index is 1100. The maximum absolute atomic E-state index is 13.2. The average molecular weight is 890 g/mol. The molecule has 12 atom stereocenters. The summed E-state index contributed by atoms with van der Waals surface area (Å²) in [5.74, 6) is -0.216. The molecule has 2 rings (SSSR count). The van der Waals surface area contributed by atoms with Crippen molar-refractivity contribution in [2.45, 2.75) is 267 Å². The molecule has 1 amide bonds. The summed E-state index contributed by atoms with van der Waals surface area (Å²) in [6.07, 6.45) is 19.2. The fraction of sp³-hybridized carbons (Fsp3) is 0.938. The Morgan fingerprint density at radius 3 is 1.53 bits per heavy atom. The van der Waals surface area contributed by atoms with Crippen LogP contribution in [0.5, 0.6) is 0 Å². The molecule has 14 nitrogen and oxygen atoms in total. The highest BCUT2D eigenvalue weighted by atomic mass is 16.7. The van der Waals surface area contributed by atoms with Crippen molar-refractivity contribution in [2.75, 3.05) is 19.8 Å². The van der Waals surface area contributed by atoms with Crippen LogP contribution in [-0.4, -0.2) is 140 Å². The van der Waals surface area contributed by atoms with Gasteiger partial charge in [-0.2, -0.15) is 0 Å². The summed E-state index contributed by atoms with van der Waals surface area (Å²) in [5, 5.41) is 86.8. The van der Waals surface area contributed by atoms with Crippen LogP contribution in [0.3, 0.4) is 0 Å². The van der Waals surface area contributed by atoms with Gasteiger partial charge < -0.3 is 65.1 Å². The van der Waals surface area contributed by atoms with E-state index in [0.29, 0.717) is 19.3 Å². The van der Waals surface area contributed by atoms with E-state index in [0.717, 1.165) is 64.2 Å². The van der Waals surface area contributed by atoms with Crippen LogP contribution in [0.15, 0.2) is 12.2 Å². The lowest BCUT2D eigenvalue weighted by Gasteiger charge is -2.46. The smallest absolute Gasteiger partial charge is 0.220 e. The van der Waals surface area contributed by atoms with Crippen molar-refractivity contribution >= 4 is 5.91 Å². The summed E-state index contributed by atoms with van der Waals surface area (Å²) in [7, 11) is 0. The minimum atomic E-state index is -1.78. The number of carbonyl (C=O) groups excluding carboxylic acids is 1. The van der Waals surface area contributed by atoms with Gasteiger partial charge in [-0.05, 0) is 38.5 Å². The van der Waals surface area contributed by atoms with E-state index in [9.17, 15) is 45.6 Å². The first-order valence-electron chi connectivity index (χ1n) is 24.9. The van der Waals surface area contributed by atoms with Gasteiger partial charge in [0.25, 0.3) is 0 Å². The molecule has 14 heteroatoms. The first-order chi connectivity index (χ1) is 30.1. The Kier molecular flexibility index (Phi) is 32.9. The second-order valence-electron chi connectivity index (χ2n) is 17.9. The van der Waals surface area contributed by atoms with Crippen LogP contribution in [0.4, 0.5) is 0 Å². The van der Waals surface area contributed by atoms with Crippen LogP contribution in [0, 0.1) is 0 Å². The summed E-state index contributed by atoms with van der Waals surface area (Å²) in [4.78, 5) is 13.2. The zero-order valence-corrected chi connectivity index (χ0v) is 38.6. The van der Waals surface area contributed by atoms with E-state index in [-0.39, 0.29) is 12.5 Å². The molecule has 366 valence electrons. The number of amides is 1. The first-order valence-corrected chi connectivity index (χ1v) is 24.9. The number of rotatable bonds is 38. The SMILES string of the molecule is CCCCCCCC/C=C\CCCCCCCC(=O)NC(COC1OC(CO)C(OC2OC(CO)C(O)C(O)C2O)C(O)C1O)C(O)CCCCCCCCCCCCCCC. The molecule has 2 fully saturated rings. The molecule has 0 bridgehead atoms. The topological polar surface area (TPSA) is 228 Å². The third-order valence-corrected chi connectivity index (χ3v) is 12.5. The molecule has 2 aliphatic rings. The molecule has 0 aromatic carbocycles. The Hall–Kier alpha value is -1.27. The van der Waals surface area contributed by atoms with Gasteiger partial charge in [0.2, 0.25) is 5.91 Å². The normalized spacial score (nSPS) is 27.8. The zero-order valence-electron chi connectivity index (χ0n) is 38.6. The number of hydrogen-bond acceptors (Lipinski definition) is 13. The summed E-state index contributed by atoms with van der Waals surface area (Å²) in [6.45, 7) is 2.83. The number of aliphatic hydroxyl groups is 8. The van der Waals surface area contributed by atoms with Gasteiger partial charge in [0.1, 0.15) is 48.8 Å². The van der Waals surface area contributed by atoms with Gasteiger partial charge in [-0.15, -0.1) is 0 Å². The molecule has 0 radical (unpaired) electrons. The van der Waals surface area contributed by atoms with Gasteiger partial charge in [0.15, 0.2) is 12.6 Å². The Labute approximate surface area is 374 Å². The molecule has 2 saturated heterocycles. The van der Waals surface area contributed by atoms with Crippen LogP contribution in [0.1, 0.15) is 194 Å². The Morgan fingerprint density at radius 2 is 1.02 bits per heavy atom. The van der Waals surface area contributed by atoms with Gasteiger partial charge in [-0.1, -0.05) is 161 Å². The van der Waals surface area contributed by atoms with Gasteiger partial charge in [-0.3, -0.25) is 4.79 Å². The van der Waals surface area contributed by atoms with E-state index in [1.165, 1.54) is 96.3 Å². The highest BCUT2D eigenvalue weighted by Crippen LogP contribution is 2.30. The van der Waals surface area contributed by atoms with E-state index in [2.05, 4.69) is 31.3 Å². The van der Waals surface area contributed by atoms with Crippen molar-refractivity contribution < 1.29 is 64.6 Å². The monoisotopic (exact) mass is 890 g/mol. The average Bonchev–Trinajstić information content (AvgIpc) is 3.27. The van der Waals surface area contributed by atoms with Gasteiger partial charge >= 0.3 is 0 Å². The summed E-state index contributed by atoms with van der Waals surface area (Å²) in [5.41, 5.74) is 0. The van der Waals surface area contributed by atoms with Gasteiger partial charge in [0, 0.05) is 6.42 Å². The molecule has 0 aromatic heterocycles. The molecule has 2 aliphatic heterocycles. The number of ether oxygens (including phenoxy) is 4. The van der Waals surface area contributed by atoms with Crippen molar-refractivity contribution in [2.24, 2.45) is 0 Å². The maximum Gasteiger partial charge on any atom is 0.220 e. The zero-order chi connectivity index (χ0) is 45.4. The number of nitrogens with one attached hydrogen (secondary N) is 1. The lowest BCUT2D eigenvalue weighted by molar-refractivity contribution is -0.359. The third-order valence-electron chi connectivity index (χ3n) is 12.5. The standard InChI is InChI=1S/C48H91NO13/c1-3-5-7-9-11-13-15-17-18-20-22-24-26-28-30-32-40(53)49-36(37(52)31-29-27-25-23-21-19-16-14-12-10-8-6-4-2)35-59-47-45(58)43(56)46(39(34-51)61-47)62-48-44(57)42(55)41(54)38(33-50)60-48/h17-18,36-39,41-48,50-52,54-58H,3-16,19-35H2,1-2H3,(H,49,53)/b18-17-. The Balaban J connectivity index is 1.85. The van der Waals surface area contributed by atoms with E-state index >= 15 is 0 Å². The second-order valence-corrected chi connectivity index (χ2v) is 17.9. The van der Waals surface area contributed by atoms with Gasteiger partial charge in [-0.25, -0.2) is 0 Å². The fourth-order valence-corrected chi connectivity index (χ4v) is 8.35. The number of aliphatic hydroxyl groups excluding tert-OH is 8. The predicted octanol–water partition coefficient (Wildman–Crippen LogP) is 5.99. The highest BCUT2D eigenvalue weighted by Gasteiger charge is 2.51. The van der Waals surface area contributed by atoms with Gasteiger partial charge in [0.05, 0.1) is 32.0 Å². The van der Waals surface area contributed by atoms with Crippen LogP contribution in [0.2, 0.25) is 0 Å². The largest absolute Gasteiger partial charge is 0.394 e.